The summed E-state index contributed by atoms with van der Waals surface area (Å²) < 4.78 is 3.33. The minimum Gasteiger partial charge on any atom is -0.326 e. The van der Waals surface area contributed by atoms with Gasteiger partial charge in [-0.25, -0.2) is 9.78 Å². The van der Waals surface area contributed by atoms with Crippen molar-refractivity contribution in [2.45, 2.75) is 39.8 Å². The van der Waals surface area contributed by atoms with Crippen LogP contribution in [0.25, 0.3) is 33.5 Å². The lowest BCUT2D eigenvalue weighted by Gasteiger charge is -2.07. The Morgan fingerprint density at radius 3 is 2.66 bits per heavy atom. The van der Waals surface area contributed by atoms with Crippen LogP contribution in [0.15, 0.2) is 47.3 Å². The molecule has 4 N–H and O–H groups in total. The Bertz CT molecular complexity index is 1360. The third-order valence-electron chi connectivity index (χ3n) is 5.48. The highest BCUT2D eigenvalue weighted by Gasteiger charge is 2.18. The molecular formula is C24H28N6O2. The zero-order chi connectivity index (χ0) is 23.0. The van der Waals surface area contributed by atoms with E-state index in [0.29, 0.717) is 18.9 Å². The molecule has 8 heteroatoms. The summed E-state index contributed by atoms with van der Waals surface area (Å²) >= 11 is 0. The molecule has 2 aromatic carbocycles. The largest absolute Gasteiger partial charge is 0.328 e. The van der Waals surface area contributed by atoms with Crippen molar-refractivity contribution < 1.29 is 4.79 Å². The van der Waals surface area contributed by atoms with Crippen LogP contribution in [0.2, 0.25) is 0 Å². The molecule has 8 nitrogen and oxygen atoms in total. The van der Waals surface area contributed by atoms with Crippen LogP contribution in [-0.4, -0.2) is 31.1 Å². The van der Waals surface area contributed by atoms with E-state index in [4.69, 9.17) is 5.73 Å². The van der Waals surface area contributed by atoms with Crippen LogP contribution in [0.1, 0.15) is 25.8 Å². The quantitative estimate of drug-likeness (QED) is 0.434. The monoisotopic (exact) mass is 432 g/mol. The molecule has 0 radical (unpaired) electrons. The molecule has 2 heterocycles. The third kappa shape index (κ3) is 3.97. The van der Waals surface area contributed by atoms with Crippen molar-refractivity contribution in [3.05, 3.63) is 58.5 Å². The number of rotatable bonds is 6. The van der Waals surface area contributed by atoms with Gasteiger partial charge in [-0.15, -0.1) is 0 Å². The van der Waals surface area contributed by atoms with Crippen LogP contribution in [0.5, 0.6) is 0 Å². The van der Waals surface area contributed by atoms with E-state index in [0.717, 1.165) is 39.1 Å². The molecule has 0 saturated heterocycles. The van der Waals surface area contributed by atoms with Crippen LogP contribution < -0.4 is 16.7 Å². The average Bonchev–Trinajstić information content (AvgIpc) is 3.28. The van der Waals surface area contributed by atoms with Gasteiger partial charge in [0.25, 0.3) is 0 Å². The number of imidazole rings is 2. The normalized spacial score (nSPS) is 12.3. The van der Waals surface area contributed by atoms with Crippen molar-refractivity contribution >= 4 is 22.9 Å². The maximum atomic E-state index is 12.8. The number of aryl methyl sites for hydroxylation is 2. The number of amides is 1. The van der Waals surface area contributed by atoms with Gasteiger partial charge in [0.2, 0.25) is 11.9 Å². The molecule has 0 saturated carbocycles. The molecule has 32 heavy (non-hydrogen) atoms. The molecule has 0 aliphatic carbocycles. The van der Waals surface area contributed by atoms with Gasteiger partial charge in [-0.1, -0.05) is 36.8 Å². The van der Waals surface area contributed by atoms with E-state index in [1.165, 1.54) is 0 Å². The maximum Gasteiger partial charge on any atom is 0.328 e. The van der Waals surface area contributed by atoms with Crippen molar-refractivity contribution in [3.8, 4) is 22.5 Å². The Balaban J connectivity index is 1.89. The van der Waals surface area contributed by atoms with Gasteiger partial charge < -0.3 is 10.7 Å². The highest BCUT2D eigenvalue weighted by molar-refractivity contribution is 5.91. The minimum absolute atomic E-state index is 0.103. The first-order chi connectivity index (χ1) is 15.3. The number of H-pyrrole nitrogens is 1. The van der Waals surface area contributed by atoms with Gasteiger partial charge in [0, 0.05) is 37.2 Å². The topological polar surface area (TPSA) is 111 Å². The SMILES string of the molecule is CCC(=O)Nc1nc(-c2cccc(C)c2)c(-c2ccc3c(c2)n(C)c(=O)n3CC(C)N)[nH]1. The van der Waals surface area contributed by atoms with Crippen LogP contribution in [-0.2, 0) is 18.4 Å². The lowest BCUT2D eigenvalue weighted by Crippen LogP contribution is -2.30. The second-order valence-corrected chi connectivity index (χ2v) is 8.21. The summed E-state index contributed by atoms with van der Waals surface area (Å²) in [6.45, 7) is 6.15. The lowest BCUT2D eigenvalue weighted by atomic mass is 10.0. The highest BCUT2D eigenvalue weighted by atomic mass is 16.2. The molecule has 0 spiro atoms. The van der Waals surface area contributed by atoms with Crippen molar-refractivity contribution in [3.63, 3.8) is 0 Å². The number of anilines is 1. The summed E-state index contributed by atoms with van der Waals surface area (Å²) in [6, 6.07) is 13.8. The molecule has 1 unspecified atom stereocenters. The van der Waals surface area contributed by atoms with E-state index in [-0.39, 0.29) is 17.6 Å². The predicted octanol–water partition coefficient (Wildman–Crippen LogP) is 3.40. The van der Waals surface area contributed by atoms with E-state index in [9.17, 15) is 9.59 Å². The highest BCUT2D eigenvalue weighted by Crippen LogP contribution is 2.33. The zero-order valence-corrected chi connectivity index (χ0v) is 18.8. The van der Waals surface area contributed by atoms with Gasteiger partial charge in [0.05, 0.1) is 22.4 Å². The number of hydrogen-bond acceptors (Lipinski definition) is 4. The van der Waals surface area contributed by atoms with Gasteiger partial charge in [-0.2, -0.15) is 0 Å². The van der Waals surface area contributed by atoms with Crippen molar-refractivity contribution in [2.24, 2.45) is 12.8 Å². The summed E-state index contributed by atoms with van der Waals surface area (Å²) in [4.78, 5) is 32.6. The number of benzene rings is 2. The molecule has 0 aliphatic rings. The smallest absolute Gasteiger partial charge is 0.326 e. The number of nitrogens with zero attached hydrogens (tertiary/aromatic N) is 3. The summed E-state index contributed by atoms with van der Waals surface area (Å²) in [5.41, 5.74) is 11.9. The van der Waals surface area contributed by atoms with E-state index in [1.54, 1.807) is 23.1 Å². The summed E-state index contributed by atoms with van der Waals surface area (Å²) in [7, 11) is 1.76. The van der Waals surface area contributed by atoms with Crippen molar-refractivity contribution in [1.82, 2.24) is 19.1 Å². The van der Waals surface area contributed by atoms with E-state index >= 15 is 0 Å². The lowest BCUT2D eigenvalue weighted by molar-refractivity contribution is -0.115. The number of hydrogen-bond donors (Lipinski definition) is 3. The standard InChI is InChI=1S/C24H28N6O2/c1-5-20(31)26-23-27-21(16-8-6-7-14(2)11-16)22(28-23)17-9-10-18-19(12-17)29(4)24(32)30(18)13-15(3)25/h6-12,15H,5,13,25H2,1-4H3,(H2,26,27,28,31). The first-order valence-electron chi connectivity index (χ1n) is 10.7. The Kier molecular flexibility index (Phi) is 5.71. The van der Waals surface area contributed by atoms with E-state index < -0.39 is 0 Å². The molecule has 2 aromatic heterocycles. The second-order valence-electron chi connectivity index (χ2n) is 8.21. The Hall–Kier alpha value is -3.65. The second kappa shape index (κ2) is 8.47. The van der Waals surface area contributed by atoms with Gasteiger partial charge in [-0.05, 0) is 32.0 Å². The molecule has 0 fully saturated rings. The first-order valence-corrected chi connectivity index (χ1v) is 10.7. The number of carbonyl (C=O) groups excluding carboxylic acids is 1. The van der Waals surface area contributed by atoms with Crippen LogP contribution in [0.4, 0.5) is 5.95 Å². The van der Waals surface area contributed by atoms with E-state index in [2.05, 4.69) is 21.4 Å². The number of nitrogens with one attached hydrogen (secondary N) is 2. The molecule has 0 bridgehead atoms. The summed E-state index contributed by atoms with van der Waals surface area (Å²) in [5.74, 6) is 0.277. The van der Waals surface area contributed by atoms with Crippen LogP contribution in [0, 0.1) is 6.92 Å². The number of nitrogens with two attached hydrogens (primary N) is 1. The van der Waals surface area contributed by atoms with Gasteiger partial charge in [0.15, 0.2) is 0 Å². The van der Waals surface area contributed by atoms with Crippen LogP contribution >= 0.6 is 0 Å². The number of carbonyl (C=O) groups is 1. The van der Waals surface area contributed by atoms with Crippen molar-refractivity contribution in [2.75, 3.05) is 5.32 Å². The fraction of sp³-hybridized carbons (Fsp3) is 0.292. The molecule has 0 aliphatic heterocycles. The number of aromatic amines is 1. The maximum absolute atomic E-state index is 12.8. The fourth-order valence-electron chi connectivity index (χ4n) is 3.89. The van der Waals surface area contributed by atoms with Crippen molar-refractivity contribution in [1.29, 1.82) is 0 Å². The molecule has 4 aromatic rings. The molecule has 166 valence electrons. The third-order valence-corrected chi connectivity index (χ3v) is 5.48. The average molecular weight is 433 g/mol. The number of aromatic nitrogens is 4. The Morgan fingerprint density at radius 1 is 1.19 bits per heavy atom. The first kappa shape index (κ1) is 21.6. The van der Waals surface area contributed by atoms with Crippen LogP contribution in [0.3, 0.4) is 0 Å². The Labute approximate surface area is 186 Å². The fourth-order valence-corrected chi connectivity index (χ4v) is 3.89. The van der Waals surface area contributed by atoms with Gasteiger partial charge >= 0.3 is 5.69 Å². The molecule has 1 amide bonds. The summed E-state index contributed by atoms with van der Waals surface area (Å²) in [6.07, 6.45) is 0.358. The van der Waals surface area contributed by atoms with Gasteiger partial charge in [0.1, 0.15) is 0 Å². The minimum atomic E-state index is -0.136. The Morgan fingerprint density at radius 2 is 1.97 bits per heavy atom. The number of fused-ring (bicyclic) bond motifs is 1. The zero-order valence-electron chi connectivity index (χ0n) is 18.8. The molecular weight excluding hydrogens is 404 g/mol. The van der Waals surface area contributed by atoms with Gasteiger partial charge in [-0.3, -0.25) is 19.2 Å². The molecule has 1 atom stereocenters. The summed E-state index contributed by atoms with van der Waals surface area (Å²) in [5, 5.41) is 2.81. The van der Waals surface area contributed by atoms with E-state index in [1.807, 2.05) is 50.2 Å². The molecule has 4 rings (SSSR count). The predicted molar refractivity (Wildman–Crippen MR) is 128 cm³/mol.